The molecule has 0 aromatic carbocycles. The zero-order chi connectivity index (χ0) is 16.5. The number of hydrogen-bond donors (Lipinski definition) is 1. The van der Waals surface area contributed by atoms with Crippen molar-refractivity contribution in [3.05, 3.63) is 29.2 Å². The molecule has 4 aliphatic rings. The van der Waals surface area contributed by atoms with Crippen LogP contribution in [0, 0.1) is 5.41 Å². The molecule has 124 valence electrons. The molecule has 24 heavy (non-hydrogen) atoms. The molecule has 0 atom stereocenters. The lowest BCUT2D eigenvalue weighted by Gasteiger charge is -2.28. The molecule has 1 spiro atoms. The highest BCUT2D eigenvalue weighted by Crippen LogP contribution is 2.57. The number of anilines is 2. The van der Waals surface area contributed by atoms with E-state index in [1.54, 1.807) is 18.1 Å². The van der Waals surface area contributed by atoms with Crippen LogP contribution >= 0.6 is 0 Å². The Bertz CT molecular complexity index is 809. The third kappa shape index (κ3) is 1.92. The number of aromatic nitrogens is 1. The van der Waals surface area contributed by atoms with Crippen molar-refractivity contribution in [1.29, 1.82) is 0 Å². The number of rotatable bonds is 1. The molecule has 0 unspecified atom stereocenters. The molecule has 1 saturated carbocycles. The fourth-order valence-electron chi connectivity index (χ4n) is 4.23. The summed E-state index contributed by atoms with van der Waals surface area (Å²) in [6.45, 7) is 0.627. The zero-order valence-corrected chi connectivity index (χ0v) is 13.8. The fourth-order valence-corrected chi connectivity index (χ4v) is 4.23. The highest BCUT2D eigenvalue weighted by molar-refractivity contribution is 6.02. The van der Waals surface area contributed by atoms with Crippen molar-refractivity contribution in [2.75, 3.05) is 23.5 Å². The van der Waals surface area contributed by atoms with Gasteiger partial charge in [0.25, 0.3) is 0 Å². The number of Topliss-reactive ketones (excluding diaryl/α,β-unsaturated/α-hetero) is 1. The second kappa shape index (κ2) is 4.59. The topological polar surface area (TPSA) is 65.5 Å². The van der Waals surface area contributed by atoms with Crippen molar-refractivity contribution >= 4 is 23.2 Å². The summed E-state index contributed by atoms with van der Waals surface area (Å²) in [5.41, 5.74) is 4.21. The van der Waals surface area contributed by atoms with Gasteiger partial charge in [-0.3, -0.25) is 14.5 Å². The Hall–Kier alpha value is -2.37. The Morgan fingerprint density at radius 1 is 1.21 bits per heavy atom. The van der Waals surface area contributed by atoms with Gasteiger partial charge in [-0.05, 0) is 42.7 Å². The monoisotopic (exact) mass is 324 g/mol. The van der Waals surface area contributed by atoms with E-state index in [0.717, 1.165) is 34.9 Å². The highest BCUT2D eigenvalue weighted by atomic mass is 16.2. The van der Waals surface area contributed by atoms with Gasteiger partial charge in [0.15, 0.2) is 5.78 Å². The van der Waals surface area contributed by atoms with Gasteiger partial charge in [0.2, 0.25) is 5.91 Å². The van der Waals surface area contributed by atoms with E-state index >= 15 is 0 Å². The van der Waals surface area contributed by atoms with Crippen molar-refractivity contribution in [3.8, 4) is 0 Å². The summed E-state index contributed by atoms with van der Waals surface area (Å²) in [5.74, 6) is 1.10. The number of carbonyl (C=O) groups is 2. The molecular formula is C18H20N4O2. The molecule has 0 radical (unpaired) electrons. The van der Waals surface area contributed by atoms with Crippen molar-refractivity contribution in [3.63, 3.8) is 0 Å². The minimum Gasteiger partial charge on any atom is -0.369 e. The molecule has 1 fully saturated rings. The molecule has 1 aromatic heterocycles. The molecule has 1 amide bonds. The van der Waals surface area contributed by atoms with Gasteiger partial charge >= 0.3 is 0 Å². The van der Waals surface area contributed by atoms with Crippen molar-refractivity contribution in [1.82, 2.24) is 10.3 Å². The van der Waals surface area contributed by atoms with E-state index in [1.807, 2.05) is 0 Å². The van der Waals surface area contributed by atoms with E-state index in [0.29, 0.717) is 25.9 Å². The van der Waals surface area contributed by atoms with Crippen molar-refractivity contribution in [2.24, 2.45) is 5.41 Å². The molecule has 5 rings (SSSR count). The maximum absolute atomic E-state index is 12.7. The summed E-state index contributed by atoms with van der Waals surface area (Å²) >= 11 is 0. The predicted molar refractivity (Wildman–Crippen MR) is 89.4 cm³/mol. The third-order valence-electron chi connectivity index (χ3n) is 5.85. The van der Waals surface area contributed by atoms with Gasteiger partial charge in [0.1, 0.15) is 11.5 Å². The molecule has 3 heterocycles. The SMILES string of the molecule is CN1C(=O)CCc2cc(N3CNC4=C3C(=O)CC3(CC3)C4)cnc21. The van der Waals surface area contributed by atoms with Gasteiger partial charge in [-0.1, -0.05) is 0 Å². The van der Waals surface area contributed by atoms with Crippen LogP contribution in [-0.2, 0) is 16.0 Å². The number of ketones is 1. The first kappa shape index (κ1) is 14.0. The van der Waals surface area contributed by atoms with E-state index in [4.69, 9.17) is 0 Å². The Morgan fingerprint density at radius 3 is 2.83 bits per heavy atom. The maximum Gasteiger partial charge on any atom is 0.228 e. The molecule has 0 bridgehead atoms. The lowest BCUT2D eigenvalue weighted by atomic mass is 9.86. The molecule has 1 aromatic rings. The van der Waals surface area contributed by atoms with Crippen LogP contribution in [-0.4, -0.2) is 30.4 Å². The third-order valence-corrected chi connectivity index (χ3v) is 5.85. The van der Waals surface area contributed by atoms with Crippen molar-refractivity contribution < 1.29 is 9.59 Å². The summed E-state index contributed by atoms with van der Waals surface area (Å²) < 4.78 is 0. The summed E-state index contributed by atoms with van der Waals surface area (Å²) in [5, 5.41) is 3.42. The molecular weight excluding hydrogens is 304 g/mol. The van der Waals surface area contributed by atoms with Gasteiger partial charge in [-0.2, -0.15) is 0 Å². The van der Waals surface area contributed by atoms with E-state index in [9.17, 15) is 9.59 Å². The van der Waals surface area contributed by atoms with Gasteiger partial charge in [-0.25, -0.2) is 4.98 Å². The van der Waals surface area contributed by atoms with Crippen LogP contribution in [0.1, 0.15) is 37.7 Å². The number of fused-ring (bicyclic) bond motifs is 1. The largest absolute Gasteiger partial charge is 0.369 e. The molecule has 6 nitrogen and oxygen atoms in total. The summed E-state index contributed by atoms with van der Waals surface area (Å²) in [4.78, 5) is 32.7. The van der Waals surface area contributed by atoms with Crippen LogP contribution in [0.25, 0.3) is 0 Å². The van der Waals surface area contributed by atoms with Gasteiger partial charge < -0.3 is 10.2 Å². The van der Waals surface area contributed by atoms with E-state index in [-0.39, 0.29) is 17.1 Å². The van der Waals surface area contributed by atoms with Crippen LogP contribution in [0.4, 0.5) is 11.5 Å². The summed E-state index contributed by atoms with van der Waals surface area (Å²) in [7, 11) is 1.77. The lowest BCUT2D eigenvalue weighted by Crippen LogP contribution is -2.33. The van der Waals surface area contributed by atoms with Crippen LogP contribution in [0.5, 0.6) is 0 Å². The minimum atomic E-state index is 0.104. The standard InChI is InChI=1S/C18H20N4O2/c1-21-15(24)3-2-11-6-12(9-19-17(11)21)22-10-20-13-7-18(4-5-18)8-14(23)16(13)22/h6,9,20H,2-5,7-8,10H2,1H3. The quantitative estimate of drug-likeness (QED) is 0.852. The van der Waals surface area contributed by atoms with Gasteiger partial charge in [0, 0.05) is 25.6 Å². The molecule has 2 aliphatic heterocycles. The lowest BCUT2D eigenvalue weighted by molar-refractivity contribution is -0.119. The Labute approximate surface area is 140 Å². The van der Waals surface area contributed by atoms with Crippen LogP contribution < -0.4 is 15.1 Å². The first-order valence-corrected chi connectivity index (χ1v) is 8.60. The van der Waals surface area contributed by atoms with E-state index in [2.05, 4.69) is 21.3 Å². The molecule has 2 aliphatic carbocycles. The number of hydrogen-bond acceptors (Lipinski definition) is 5. The van der Waals surface area contributed by atoms with Crippen LogP contribution in [0.3, 0.4) is 0 Å². The first-order chi connectivity index (χ1) is 11.6. The second-order valence-corrected chi connectivity index (χ2v) is 7.50. The zero-order valence-electron chi connectivity index (χ0n) is 13.8. The first-order valence-electron chi connectivity index (χ1n) is 8.60. The number of allylic oxidation sites excluding steroid dienone is 2. The number of nitrogens with zero attached hydrogens (tertiary/aromatic N) is 3. The number of nitrogens with one attached hydrogen (secondary N) is 1. The fraction of sp³-hybridized carbons (Fsp3) is 0.500. The number of aryl methyl sites for hydroxylation is 1. The Balaban J connectivity index is 1.50. The maximum atomic E-state index is 12.7. The second-order valence-electron chi connectivity index (χ2n) is 7.50. The Morgan fingerprint density at radius 2 is 2.04 bits per heavy atom. The molecule has 0 saturated heterocycles. The molecule has 1 N–H and O–H groups in total. The van der Waals surface area contributed by atoms with Crippen molar-refractivity contribution in [2.45, 2.75) is 38.5 Å². The van der Waals surface area contributed by atoms with Gasteiger partial charge in [0.05, 0.1) is 18.6 Å². The summed E-state index contributed by atoms with van der Waals surface area (Å²) in [6, 6.07) is 2.08. The smallest absolute Gasteiger partial charge is 0.228 e. The predicted octanol–water partition coefficient (Wildman–Crippen LogP) is 1.71. The number of carbonyl (C=O) groups excluding carboxylic acids is 2. The van der Waals surface area contributed by atoms with E-state index in [1.165, 1.54) is 12.8 Å². The number of amides is 1. The van der Waals surface area contributed by atoms with Crippen LogP contribution in [0.15, 0.2) is 23.7 Å². The highest BCUT2D eigenvalue weighted by Gasteiger charge is 2.50. The average Bonchev–Trinajstić information content (AvgIpc) is 3.16. The molecule has 6 heteroatoms. The van der Waals surface area contributed by atoms with Crippen LogP contribution in [0.2, 0.25) is 0 Å². The number of pyridine rings is 1. The Kier molecular flexibility index (Phi) is 2.68. The summed E-state index contributed by atoms with van der Waals surface area (Å²) in [6.07, 6.45) is 7.04. The van der Waals surface area contributed by atoms with Gasteiger partial charge in [-0.15, -0.1) is 0 Å². The average molecular weight is 324 g/mol. The normalized spacial score (nSPS) is 24.2. The van der Waals surface area contributed by atoms with E-state index < -0.39 is 0 Å². The minimum absolute atomic E-state index is 0.104.